The number of benzene rings is 2. The molecule has 30 heavy (non-hydrogen) atoms. The summed E-state index contributed by atoms with van der Waals surface area (Å²) >= 11 is 18.4. The van der Waals surface area contributed by atoms with Gasteiger partial charge in [-0.2, -0.15) is 0 Å². The zero-order chi connectivity index (χ0) is 22.1. The summed E-state index contributed by atoms with van der Waals surface area (Å²) in [7, 11) is -3.94. The van der Waals surface area contributed by atoms with Crippen LogP contribution >= 0.6 is 34.8 Å². The molecule has 1 aliphatic carbocycles. The predicted octanol–water partition coefficient (Wildman–Crippen LogP) is 5.55. The largest absolute Gasteiger partial charge is 0.453 e. The Balaban J connectivity index is 1.80. The van der Waals surface area contributed by atoms with Gasteiger partial charge in [0.25, 0.3) is 5.69 Å². The van der Waals surface area contributed by atoms with E-state index >= 15 is 0 Å². The van der Waals surface area contributed by atoms with Crippen LogP contribution in [-0.4, -0.2) is 18.6 Å². The molecule has 0 bridgehead atoms. The van der Waals surface area contributed by atoms with E-state index in [1.54, 1.807) is 0 Å². The number of anilines is 1. The highest BCUT2D eigenvalue weighted by molar-refractivity contribution is 7.93. The average molecular weight is 494 g/mol. The van der Waals surface area contributed by atoms with Crippen molar-refractivity contribution in [2.75, 3.05) is 4.72 Å². The lowest BCUT2D eigenvalue weighted by molar-refractivity contribution is -0.384. The molecule has 0 fully saturated rings. The SMILES string of the molecule is O=[N+]([O-])c1ccc(OC2=C(Cl)CC(S(=O)(=O)Nc3ccc(F)cc3)C=C2Cl)c(Cl)c1. The molecule has 0 aliphatic heterocycles. The van der Waals surface area contributed by atoms with E-state index in [2.05, 4.69) is 4.72 Å². The monoisotopic (exact) mass is 492 g/mol. The Kier molecular flexibility index (Phi) is 6.56. The van der Waals surface area contributed by atoms with E-state index in [1.807, 2.05) is 0 Å². The van der Waals surface area contributed by atoms with E-state index in [0.29, 0.717) is 0 Å². The number of nitrogens with zero attached hydrogens (tertiary/aromatic N) is 1. The number of halogens is 4. The quantitative estimate of drug-likeness (QED) is 0.420. The molecule has 0 saturated heterocycles. The third-order valence-electron chi connectivity index (χ3n) is 4.02. The molecule has 0 heterocycles. The van der Waals surface area contributed by atoms with Crippen molar-refractivity contribution in [1.29, 1.82) is 0 Å². The molecule has 7 nitrogen and oxygen atoms in total. The van der Waals surface area contributed by atoms with Crippen LogP contribution < -0.4 is 9.46 Å². The fraction of sp³-hybridized carbons (Fsp3) is 0.111. The molecule has 158 valence electrons. The number of rotatable bonds is 6. The summed E-state index contributed by atoms with van der Waals surface area (Å²) in [5, 5.41) is 9.59. The lowest BCUT2D eigenvalue weighted by atomic mass is 10.1. The van der Waals surface area contributed by atoms with E-state index in [1.165, 1.54) is 30.3 Å². The van der Waals surface area contributed by atoms with Crippen LogP contribution in [0.25, 0.3) is 0 Å². The van der Waals surface area contributed by atoms with E-state index in [9.17, 15) is 22.9 Å². The molecular weight excluding hydrogens is 482 g/mol. The third kappa shape index (κ3) is 5.04. The Morgan fingerprint density at radius 2 is 1.80 bits per heavy atom. The summed E-state index contributed by atoms with van der Waals surface area (Å²) in [5.41, 5.74) is -0.0449. The van der Waals surface area contributed by atoms with Gasteiger partial charge in [0.2, 0.25) is 10.0 Å². The molecule has 0 saturated carbocycles. The number of nitrogens with one attached hydrogen (secondary N) is 1. The maximum Gasteiger partial charge on any atom is 0.271 e. The molecule has 2 aromatic carbocycles. The normalized spacial score (nSPS) is 16.8. The van der Waals surface area contributed by atoms with Gasteiger partial charge < -0.3 is 4.74 Å². The Bertz CT molecular complexity index is 1170. The number of allylic oxidation sites excluding steroid dienone is 2. The van der Waals surface area contributed by atoms with Gasteiger partial charge >= 0.3 is 0 Å². The van der Waals surface area contributed by atoms with Crippen LogP contribution in [0.15, 0.2) is 64.4 Å². The van der Waals surface area contributed by atoms with Crippen LogP contribution in [0.3, 0.4) is 0 Å². The minimum atomic E-state index is -3.94. The third-order valence-corrected chi connectivity index (χ3v) is 6.56. The molecule has 0 amide bonds. The Morgan fingerprint density at radius 3 is 2.37 bits per heavy atom. The second-order valence-electron chi connectivity index (χ2n) is 6.12. The first-order chi connectivity index (χ1) is 14.1. The van der Waals surface area contributed by atoms with E-state index in [-0.39, 0.29) is 44.4 Å². The Hall–Kier alpha value is -2.33. The van der Waals surface area contributed by atoms with Crippen LogP contribution in [0.1, 0.15) is 6.42 Å². The van der Waals surface area contributed by atoms with Gasteiger partial charge in [0, 0.05) is 24.2 Å². The summed E-state index contributed by atoms with van der Waals surface area (Å²) < 4.78 is 46.2. The van der Waals surface area contributed by atoms with E-state index < -0.39 is 26.0 Å². The highest BCUT2D eigenvalue weighted by Gasteiger charge is 2.31. The maximum atomic E-state index is 13.0. The molecule has 0 radical (unpaired) electrons. The van der Waals surface area contributed by atoms with Crippen molar-refractivity contribution in [1.82, 2.24) is 0 Å². The zero-order valence-electron chi connectivity index (χ0n) is 14.8. The minimum Gasteiger partial charge on any atom is -0.453 e. The highest BCUT2D eigenvalue weighted by atomic mass is 35.5. The Labute approximate surface area is 185 Å². The highest BCUT2D eigenvalue weighted by Crippen LogP contribution is 2.38. The van der Waals surface area contributed by atoms with Crippen LogP contribution in [0.4, 0.5) is 15.8 Å². The molecule has 1 unspecified atom stereocenters. The van der Waals surface area contributed by atoms with Crippen LogP contribution in [0.5, 0.6) is 5.75 Å². The molecule has 2 aromatic rings. The second kappa shape index (κ2) is 8.81. The molecular formula is C18H12Cl3FN2O5S. The van der Waals surface area contributed by atoms with Crippen molar-refractivity contribution in [3.63, 3.8) is 0 Å². The van der Waals surface area contributed by atoms with Crippen LogP contribution in [0.2, 0.25) is 5.02 Å². The van der Waals surface area contributed by atoms with Gasteiger partial charge in [0.15, 0.2) is 5.76 Å². The van der Waals surface area contributed by atoms with Gasteiger partial charge in [0.1, 0.15) is 16.8 Å². The summed E-state index contributed by atoms with van der Waals surface area (Å²) in [5.74, 6) is -0.453. The lowest BCUT2D eigenvalue weighted by Gasteiger charge is -2.22. The van der Waals surface area contributed by atoms with Gasteiger partial charge in [-0.05, 0) is 36.4 Å². The van der Waals surface area contributed by atoms with Crippen molar-refractivity contribution < 1.29 is 22.5 Å². The van der Waals surface area contributed by atoms with Crippen molar-refractivity contribution >= 4 is 56.2 Å². The second-order valence-corrected chi connectivity index (χ2v) is 9.29. The molecule has 1 N–H and O–H groups in total. The molecule has 1 atom stereocenters. The van der Waals surface area contributed by atoms with Gasteiger partial charge in [-0.15, -0.1) is 0 Å². The number of nitro groups is 1. The molecule has 0 spiro atoms. The standard InChI is InChI=1S/C18H12Cl3FN2O5S/c19-14-7-12(24(25)26)5-6-17(14)29-18-15(20)8-13(9-16(18)21)30(27,28)23-11-3-1-10(22)2-4-11/h1-8,13,23H,9H2. The van der Waals surface area contributed by atoms with Crippen molar-refractivity contribution in [3.05, 3.63) is 85.3 Å². The zero-order valence-corrected chi connectivity index (χ0v) is 17.9. The van der Waals surface area contributed by atoms with Crippen molar-refractivity contribution in [2.45, 2.75) is 11.7 Å². The number of sulfonamides is 1. The summed E-state index contributed by atoms with van der Waals surface area (Å²) in [6.45, 7) is 0. The fourth-order valence-corrected chi connectivity index (χ4v) is 4.91. The van der Waals surface area contributed by atoms with Gasteiger partial charge in [-0.3, -0.25) is 14.8 Å². The molecule has 3 rings (SSSR count). The minimum absolute atomic E-state index is 0.0117. The predicted molar refractivity (Wildman–Crippen MR) is 113 cm³/mol. The van der Waals surface area contributed by atoms with Gasteiger partial charge in [0.05, 0.1) is 20.0 Å². The van der Waals surface area contributed by atoms with Gasteiger partial charge in [-0.25, -0.2) is 12.8 Å². The smallest absolute Gasteiger partial charge is 0.271 e. The Morgan fingerprint density at radius 1 is 1.13 bits per heavy atom. The summed E-state index contributed by atoms with van der Waals surface area (Å²) in [4.78, 5) is 10.2. The average Bonchev–Trinajstić information content (AvgIpc) is 2.67. The first-order valence-corrected chi connectivity index (χ1v) is 10.9. The van der Waals surface area contributed by atoms with Crippen molar-refractivity contribution in [3.8, 4) is 5.75 Å². The first kappa shape index (κ1) is 22.4. The number of non-ortho nitro benzene ring substituents is 1. The number of hydrogen-bond donors (Lipinski definition) is 1. The molecule has 1 aliphatic rings. The fourth-order valence-electron chi connectivity index (χ4n) is 2.55. The van der Waals surface area contributed by atoms with E-state index in [4.69, 9.17) is 39.5 Å². The number of ether oxygens (including phenoxy) is 1. The summed E-state index contributed by atoms with van der Waals surface area (Å²) in [6.07, 6.45) is 1.10. The van der Waals surface area contributed by atoms with Gasteiger partial charge in [-0.1, -0.05) is 34.8 Å². The number of hydrogen-bond acceptors (Lipinski definition) is 5. The summed E-state index contributed by atoms with van der Waals surface area (Å²) in [6, 6.07) is 8.37. The maximum absolute atomic E-state index is 13.0. The lowest BCUT2D eigenvalue weighted by Crippen LogP contribution is -2.29. The van der Waals surface area contributed by atoms with Crippen LogP contribution in [0, 0.1) is 15.9 Å². The first-order valence-electron chi connectivity index (χ1n) is 8.22. The van der Waals surface area contributed by atoms with Crippen LogP contribution in [-0.2, 0) is 10.0 Å². The van der Waals surface area contributed by atoms with Crippen molar-refractivity contribution in [2.24, 2.45) is 0 Å². The number of nitro benzene ring substituents is 1. The van der Waals surface area contributed by atoms with E-state index in [0.717, 1.165) is 18.2 Å². The molecule has 12 heteroatoms. The topological polar surface area (TPSA) is 98.5 Å². The molecule has 0 aromatic heterocycles.